The van der Waals surface area contributed by atoms with Gasteiger partial charge in [0.15, 0.2) is 0 Å². The van der Waals surface area contributed by atoms with Crippen molar-refractivity contribution in [1.82, 2.24) is 15.2 Å². The maximum absolute atomic E-state index is 12.4. The van der Waals surface area contributed by atoms with E-state index in [2.05, 4.69) is 33.4 Å². The van der Waals surface area contributed by atoms with E-state index in [1.54, 1.807) is 6.20 Å². The van der Waals surface area contributed by atoms with Crippen molar-refractivity contribution in [2.45, 2.75) is 25.4 Å². The van der Waals surface area contributed by atoms with Crippen molar-refractivity contribution in [2.75, 3.05) is 26.2 Å². The standard InChI is InChI=1S/C25H28ClN3O2/c26-22-8-6-20(7-9-22)25(31)21-11-15-29(16-12-21)17-23(30)27-14-10-19-4-1-3-18-5-2-13-28-24(18)19/h1-9,13,21,25,31H,10-12,14-17H2,(H,27,30). The van der Waals surface area contributed by atoms with Crippen molar-refractivity contribution in [3.8, 4) is 0 Å². The molecule has 0 saturated carbocycles. The van der Waals surface area contributed by atoms with Crippen molar-refractivity contribution in [3.63, 3.8) is 0 Å². The number of aromatic nitrogens is 1. The van der Waals surface area contributed by atoms with Crippen LogP contribution in [0.5, 0.6) is 0 Å². The van der Waals surface area contributed by atoms with E-state index in [4.69, 9.17) is 11.6 Å². The van der Waals surface area contributed by atoms with Crippen LogP contribution in [0.2, 0.25) is 5.02 Å². The fraction of sp³-hybridized carbons (Fsp3) is 0.360. The number of fused-ring (bicyclic) bond motifs is 1. The minimum absolute atomic E-state index is 0.0462. The Morgan fingerprint density at radius 3 is 2.65 bits per heavy atom. The number of aliphatic hydroxyl groups is 1. The summed E-state index contributed by atoms with van der Waals surface area (Å²) in [6.45, 7) is 2.63. The van der Waals surface area contributed by atoms with Crippen LogP contribution in [0.1, 0.15) is 30.1 Å². The number of carbonyl (C=O) groups excluding carboxylic acids is 1. The molecular formula is C25H28ClN3O2. The van der Waals surface area contributed by atoms with Crippen molar-refractivity contribution >= 4 is 28.4 Å². The number of para-hydroxylation sites is 1. The monoisotopic (exact) mass is 437 g/mol. The van der Waals surface area contributed by atoms with Crippen LogP contribution in [0.4, 0.5) is 0 Å². The lowest BCUT2D eigenvalue weighted by Crippen LogP contribution is -2.42. The molecule has 3 aromatic rings. The number of benzene rings is 2. The Balaban J connectivity index is 1.21. The molecule has 0 aliphatic carbocycles. The SMILES string of the molecule is O=C(CN1CCC(C(O)c2ccc(Cl)cc2)CC1)NCCc1cccc2cccnc12. The van der Waals surface area contributed by atoms with Gasteiger partial charge in [0, 0.05) is 23.2 Å². The average molecular weight is 438 g/mol. The summed E-state index contributed by atoms with van der Waals surface area (Å²) in [6.07, 6.45) is 3.83. The second-order valence-corrected chi connectivity index (χ2v) is 8.64. The normalized spacial score (nSPS) is 16.3. The predicted molar refractivity (Wildman–Crippen MR) is 124 cm³/mol. The Labute approximate surface area is 188 Å². The zero-order valence-electron chi connectivity index (χ0n) is 17.5. The van der Waals surface area contributed by atoms with Crippen LogP contribution in [0.15, 0.2) is 60.8 Å². The molecule has 0 bridgehead atoms. The minimum atomic E-state index is -0.484. The highest BCUT2D eigenvalue weighted by Crippen LogP contribution is 2.31. The third kappa shape index (κ3) is 5.62. The van der Waals surface area contributed by atoms with E-state index in [1.807, 2.05) is 36.4 Å². The van der Waals surface area contributed by atoms with Crippen molar-refractivity contribution in [1.29, 1.82) is 0 Å². The minimum Gasteiger partial charge on any atom is -0.388 e. The van der Waals surface area contributed by atoms with Gasteiger partial charge in [0.2, 0.25) is 5.91 Å². The lowest BCUT2D eigenvalue weighted by atomic mass is 9.87. The van der Waals surface area contributed by atoms with Crippen LogP contribution in [0.25, 0.3) is 10.9 Å². The molecule has 1 aliphatic heterocycles. The first-order valence-corrected chi connectivity index (χ1v) is 11.2. The third-order valence-electron chi connectivity index (χ3n) is 6.09. The molecule has 5 nitrogen and oxygen atoms in total. The number of aliphatic hydroxyl groups excluding tert-OH is 1. The van der Waals surface area contributed by atoms with Crippen molar-refractivity contribution < 1.29 is 9.90 Å². The molecule has 2 heterocycles. The van der Waals surface area contributed by atoms with Gasteiger partial charge in [0.05, 0.1) is 18.2 Å². The smallest absolute Gasteiger partial charge is 0.234 e. The Kier molecular flexibility index (Phi) is 7.17. The summed E-state index contributed by atoms with van der Waals surface area (Å²) in [5.74, 6) is 0.254. The van der Waals surface area contributed by atoms with Gasteiger partial charge in [-0.2, -0.15) is 0 Å². The van der Waals surface area contributed by atoms with Crippen molar-refractivity contribution in [2.24, 2.45) is 5.92 Å². The molecule has 31 heavy (non-hydrogen) atoms. The van der Waals surface area contributed by atoms with E-state index in [-0.39, 0.29) is 11.8 Å². The first kappa shape index (κ1) is 21.8. The summed E-state index contributed by atoms with van der Waals surface area (Å²) in [5.41, 5.74) is 3.06. The molecule has 1 fully saturated rings. The van der Waals surface area contributed by atoms with Gasteiger partial charge >= 0.3 is 0 Å². The number of rotatable bonds is 7. The van der Waals surface area contributed by atoms with E-state index < -0.39 is 6.10 Å². The number of hydrogen-bond donors (Lipinski definition) is 2. The van der Waals surface area contributed by atoms with Crippen LogP contribution in [-0.2, 0) is 11.2 Å². The van der Waals surface area contributed by atoms with E-state index >= 15 is 0 Å². The first-order valence-electron chi connectivity index (χ1n) is 10.9. The molecule has 6 heteroatoms. The van der Waals surface area contributed by atoms with Crippen molar-refractivity contribution in [3.05, 3.63) is 76.9 Å². The van der Waals surface area contributed by atoms with Crippen LogP contribution >= 0.6 is 11.6 Å². The second-order valence-electron chi connectivity index (χ2n) is 8.20. The van der Waals surface area contributed by atoms with E-state index in [0.29, 0.717) is 18.1 Å². The molecule has 0 radical (unpaired) electrons. The fourth-order valence-electron chi connectivity index (χ4n) is 4.32. The zero-order valence-corrected chi connectivity index (χ0v) is 18.3. The lowest BCUT2D eigenvalue weighted by Gasteiger charge is -2.34. The summed E-state index contributed by atoms with van der Waals surface area (Å²) in [7, 11) is 0. The topological polar surface area (TPSA) is 65.5 Å². The summed E-state index contributed by atoms with van der Waals surface area (Å²) in [4.78, 5) is 19.0. The molecule has 1 aliphatic rings. The van der Waals surface area contributed by atoms with Gasteiger partial charge in [-0.15, -0.1) is 0 Å². The van der Waals surface area contributed by atoms with Gasteiger partial charge in [-0.3, -0.25) is 14.7 Å². The van der Waals surface area contributed by atoms with E-state index in [0.717, 1.165) is 54.4 Å². The van der Waals surface area contributed by atoms with Gasteiger partial charge in [-0.05, 0) is 67.6 Å². The second kappa shape index (κ2) is 10.2. The lowest BCUT2D eigenvalue weighted by molar-refractivity contribution is -0.122. The molecule has 0 spiro atoms. The van der Waals surface area contributed by atoms with E-state index in [1.165, 1.54) is 0 Å². The quantitative estimate of drug-likeness (QED) is 0.586. The highest BCUT2D eigenvalue weighted by Gasteiger charge is 2.27. The van der Waals surface area contributed by atoms with Gasteiger partial charge in [0.1, 0.15) is 0 Å². The Morgan fingerprint density at radius 2 is 1.87 bits per heavy atom. The Hall–Kier alpha value is -2.47. The van der Waals surface area contributed by atoms with Crippen LogP contribution in [-0.4, -0.2) is 47.1 Å². The first-order chi connectivity index (χ1) is 15.1. The predicted octanol–water partition coefficient (Wildman–Crippen LogP) is 3.99. The molecule has 1 aromatic heterocycles. The maximum Gasteiger partial charge on any atom is 0.234 e. The number of halogens is 1. The van der Waals surface area contributed by atoms with Crippen LogP contribution in [0, 0.1) is 5.92 Å². The number of hydrogen-bond acceptors (Lipinski definition) is 4. The molecule has 2 aromatic carbocycles. The number of pyridine rings is 1. The molecule has 2 N–H and O–H groups in total. The Morgan fingerprint density at radius 1 is 1.13 bits per heavy atom. The number of piperidine rings is 1. The highest BCUT2D eigenvalue weighted by atomic mass is 35.5. The molecule has 1 amide bonds. The number of nitrogens with zero attached hydrogens (tertiary/aromatic N) is 2. The summed E-state index contributed by atoms with van der Waals surface area (Å²) in [6, 6.07) is 17.5. The van der Waals surface area contributed by atoms with Gasteiger partial charge in [-0.25, -0.2) is 0 Å². The molecule has 1 atom stereocenters. The van der Waals surface area contributed by atoms with Gasteiger partial charge in [-0.1, -0.05) is 48.0 Å². The van der Waals surface area contributed by atoms with Crippen LogP contribution < -0.4 is 5.32 Å². The van der Waals surface area contributed by atoms with Gasteiger partial charge in [0.25, 0.3) is 0 Å². The summed E-state index contributed by atoms with van der Waals surface area (Å²) < 4.78 is 0. The summed E-state index contributed by atoms with van der Waals surface area (Å²) >= 11 is 5.94. The van der Waals surface area contributed by atoms with Gasteiger partial charge < -0.3 is 10.4 Å². The molecule has 4 rings (SSSR count). The Bertz CT molecular complexity index is 1010. The molecule has 1 saturated heterocycles. The fourth-order valence-corrected chi connectivity index (χ4v) is 4.45. The third-order valence-corrected chi connectivity index (χ3v) is 6.34. The van der Waals surface area contributed by atoms with E-state index in [9.17, 15) is 9.90 Å². The number of nitrogens with one attached hydrogen (secondary N) is 1. The number of carbonyl (C=O) groups is 1. The number of likely N-dealkylation sites (tertiary alicyclic amines) is 1. The molecule has 1 unspecified atom stereocenters. The summed E-state index contributed by atoms with van der Waals surface area (Å²) in [5, 5.41) is 15.5. The molecule has 162 valence electrons. The zero-order chi connectivity index (χ0) is 21.6. The number of amides is 1. The largest absolute Gasteiger partial charge is 0.388 e. The molecular weight excluding hydrogens is 410 g/mol. The maximum atomic E-state index is 12.4. The highest BCUT2D eigenvalue weighted by molar-refractivity contribution is 6.30. The van der Waals surface area contributed by atoms with Crippen LogP contribution in [0.3, 0.4) is 0 Å². The average Bonchev–Trinajstić information content (AvgIpc) is 2.80.